The van der Waals surface area contributed by atoms with E-state index in [1.54, 1.807) is 12.1 Å². The Bertz CT molecular complexity index is 1090. The summed E-state index contributed by atoms with van der Waals surface area (Å²) in [4.78, 5) is 38.7. The largest absolute Gasteiger partial charge is 0.421 e. The Morgan fingerprint density at radius 3 is 2.28 bits per heavy atom. The molecule has 1 amide bonds. The van der Waals surface area contributed by atoms with E-state index in [0.29, 0.717) is 43.7 Å². The minimum absolute atomic E-state index is 0.0211. The van der Waals surface area contributed by atoms with Gasteiger partial charge in [0.15, 0.2) is 0 Å². The van der Waals surface area contributed by atoms with Gasteiger partial charge < -0.3 is 9.80 Å². The SMILES string of the molecule is O=C(Cn1nc(C2CC2)cc(C(F)(F)F)c1=O)N1CCN(c2ccc([N+](=O)[O-])cc2)CC1. The topological polar surface area (TPSA) is 102 Å². The summed E-state index contributed by atoms with van der Waals surface area (Å²) in [6.07, 6.45) is -3.40. The average Bonchev–Trinajstić information content (AvgIpc) is 3.60. The maximum atomic E-state index is 13.3. The molecule has 0 atom stereocenters. The number of anilines is 1. The number of nitrogens with zero attached hydrogens (tertiary/aromatic N) is 5. The van der Waals surface area contributed by atoms with Gasteiger partial charge in [-0.2, -0.15) is 18.3 Å². The van der Waals surface area contributed by atoms with Gasteiger partial charge in [-0.25, -0.2) is 4.68 Å². The average molecular weight is 451 g/mol. The van der Waals surface area contributed by atoms with Gasteiger partial charge in [-0.1, -0.05) is 0 Å². The molecule has 4 rings (SSSR count). The third kappa shape index (κ3) is 4.58. The molecular weight excluding hydrogens is 431 g/mol. The molecule has 32 heavy (non-hydrogen) atoms. The third-order valence-corrected chi connectivity index (χ3v) is 5.64. The van der Waals surface area contributed by atoms with Crippen LogP contribution in [0.4, 0.5) is 24.5 Å². The smallest absolute Gasteiger partial charge is 0.368 e. The van der Waals surface area contributed by atoms with E-state index < -0.39 is 34.7 Å². The molecule has 2 fully saturated rings. The lowest BCUT2D eigenvalue weighted by Gasteiger charge is -2.36. The summed E-state index contributed by atoms with van der Waals surface area (Å²) in [5, 5.41) is 14.8. The predicted octanol–water partition coefficient (Wildman–Crippen LogP) is 2.40. The second kappa shape index (κ2) is 8.24. The minimum Gasteiger partial charge on any atom is -0.368 e. The molecule has 1 saturated heterocycles. The lowest BCUT2D eigenvalue weighted by atomic mass is 10.2. The van der Waals surface area contributed by atoms with Crippen molar-refractivity contribution >= 4 is 17.3 Å². The van der Waals surface area contributed by atoms with Crippen molar-refractivity contribution in [3.8, 4) is 0 Å². The van der Waals surface area contributed by atoms with E-state index in [-0.39, 0.29) is 17.3 Å². The van der Waals surface area contributed by atoms with Gasteiger partial charge in [0.2, 0.25) is 5.91 Å². The first-order valence-corrected chi connectivity index (χ1v) is 10.1. The van der Waals surface area contributed by atoms with Crippen molar-refractivity contribution in [2.75, 3.05) is 31.1 Å². The lowest BCUT2D eigenvalue weighted by molar-refractivity contribution is -0.384. The number of nitro benzene ring substituents is 1. The predicted molar refractivity (Wildman–Crippen MR) is 107 cm³/mol. The van der Waals surface area contributed by atoms with E-state index in [4.69, 9.17) is 0 Å². The molecule has 2 aliphatic rings. The highest BCUT2D eigenvalue weighted by Crippen LogP contribution is 2.40. The summed E-state index contributed by atoms with van der Waals surface area (Å²) in [5.41, 5.74) is -1.68. The van der Waals surface area contributed by atoms with E-state index in [1.165, 1.54) is 17.0 Å². The molecule has 0 spiro atoms. The molecule has 1 aliphatic heterocycles. The van der Waals surface area contributed by atoms with Crippen molar-refractivity contribution in [3.05, 3.63) is 62.1 Å². The normalized spacial score (nSPS) is 16.8. The van der Waals surface area contributed by atoms with E-state index in [1.807, 2.05) is 4.90 Å². The number of hydrogen-bond donors (Lipinski definition) is 0. The molecule has 1 saturated carbocycles. The van der Waals surface area contributed by atoms with E-state index >= 15 is 0 Å². The van der Waals surface area contributed by atoms with Crippen molar-refractivity contribution in [3.63, 3.8) is 0 Å². The molecule has 0 unspecified atom stereocenters. The molecule has 1 aromatic heterocycles. The molecule has 2 heterocycles. The van der Waals surface area contributed by atoms with Gasteiger partial charge in [0.05, 0.1) is 10.6 Å². The molecule has 1 aliphatic carbocycles. The Balaban J connectivity index is 1.43. The molecule has 9 nitrogen and oxygen atoms in total. The van der Waals surface area contributed by atoms with Crippen LogP contribution >= 0.6 is 0 Å². The van der Waals surface area contributed by atoms with Gasteiger partial charge in [0.25, 0.3) is 11.2 Å². The Labute approximate surface area is 180 Å². The lowest BCUT2D eigenvalue weighted by Crippen LogP contribution is -2.50. The van der Waals surface area contributed by atoms with Crippen molar-refractivity contribution in [1.29, 1.82) is 0 Å². The number of rotatable bonds is 5. The highest BCUT2D eigenvalue weighted by atomic mass is 19.4. The summed E-state index contributed by atoms with van der Waals surface area (Å²) in [6, 6.07) is 6.85. The third-order valence-electron chi connectivity index (χ3n) is 5.64. The highest BCUT2D eigenvalue weighted by Gasteiger charge is 2.38. The fourth-order valence-corrected chi connectivity index (χ4v) is 3.68. The molecule has 0 N–H and O–H groups in total. The number of nitro groups is 1. The maximum absolute atomic E-state index is 13.3. The minimum atomic E-state index is -4.81. The van der Waals surface area contributed by atoms with Crippen LogP contribution in [-0.2, 0) is 17.5 Å². The number of non-ortho nitro benzene ring substituents is 1. The maximum Gasteiger partial charge on any atom is 0.421 e. The number of hydrogen-bond acceptors (Lipinski definition) is 6. The first-order valence-electron chi connectivity index (χ1n) is 10.1. The Morgan fingerprint density at radius 2 is 1.75 bits per heavy atom. The summed E-state index contributed by atoms with van der Waals surface area (Å²) in [6.45, 7) is 0.946. The number of alkyl halides is 3. The Kier molecular flexibility index (Phi) is 5.61. The van der Waals surface area contributed by atoms with Crippen LogP contribution in [0.3, 0.4) is 0 Å². The summed E-state index contributed by atoms with van der Waals surface area (Å²) < 4.78 is 40.5. The number of piperazine rings is 1. The van der Waals surface area contributed by atoms with E-state index in [9.17, 15) is 32.9 Å². The van der Waals surface area contributed by atoms with Crippen LogP contribution in [0.5, 0.6) is 0 Å². The van der Waals surface area contributed by atoms with Crippen molar-refractivity contribution in [2.45, 2.75) is 31.5 Å². The van der Waals surface area contributed by atoms with Crippen LogP contribution in [0.15, 0.2) is 35.1 Å². The number of halogens is 3. The van der Waals surface area contributed by atoms with Crippen LogP contribution in [0.25, 0.3) is 0 Å². The summed E-state index contributed by atoms with van der Waals surface area (Å²) >= 11 is 0. The molecule has 170 valence electrons. The molecule has 12 heteroatoms. The van der Waals surface area contributed by atoms with Gasteiger partial charge in [0, 0.05) is 49.9 Å². The molecule has 2 aromatic rings. The Morgan fingerprint density at radius 1 is 1.12 bits per heavy atom. The summed E-state index contributed by atoms with van der Waals surface area (Å²) in [7, 11) is 0. The molecular formula is C20H20F3N5O4. The van der Waals surface area contributed by atoms with E-state index in [0.717, 1.165) is 11.8 Å². The zero-order valence-electron chi connectivity index (χ0n) is 16.9. The first-order chi connectivity index (χ1) is 15.1. The number of aromatic nitrogens is 2. The van der Waals surface area contributed by atoms with Crippen LogP contribution in [-0.4, -0.2) is 51.7 Å². The number of benzene rings is 1. The zero-order chi connectivity index (χ0) is 23.0. The van der Waals surface area contributed by atoms with Crippen molar-refractivity contribution < 1.29 is 22.9 Å². The first kappa shape index (κ1) is 21.8. The van der Waals surface area contributed by atoms with Gasteiger partial charge in [-0.15, -0.1) is 0 Å². The fourth-order valence-electron chi connectivity index (χ4n) is 3.68. The molecule has 0 radical (unpaired) electrons. The monoisotopic (exact) mass is 451 g/mol. The summed E-state index contributed by atoms with van der Waals surface area (Å²) in [5.74, 6) is -0.590. The second-order valence-corrected chi connectivity index (χ2v) is 7.86. The van der Waals surface area contributed by atoms with Crippen LogP contribution in [0.1, 0.15) is 30.0 Å². The standard InChI is InChI=1S/C20H20F3N5O4/c21-20(22,23)16-11-17(13-1-2-13)24-27(19(16)30)12-18(29)26-9-7-25(8-10-26)14-3-5-15(6-4-14)28(31)32/h3-6,11,13H,1-2,7-10,12H2. The zero-order valence-corrected chi connectivity index (χ0v) is 16.9. The number of carbonyl (C=O) groups is 1. The number of carbonyl (C=O) groups excluding carboxylic acids is 1. The van der Waals surface area contributed by atoms with Gasteiger partial charge >= 0.3 is 6.18 Å². The van der Waals surface area contributed by atoms with Gasteiger partial charge in [-0.05, 0) is 31.0 Å². The van der Waals surface area contributed by atoms with Gasteiger partial charge in [-0.3, -0.25) is 19.7 Å². The number of amides is 1. The molecule has 0 bridgehead atoms. The van der Waals surface area contributed by atoms with Crippen LogP contribution in [0.2, 0.25) is 0 Å². The quantitative estimate of drug-likeness (QED) is 0.511. The van der Waals surface area contributed by atoms with Crippen LogP contribution < -0.4 is 10.5 Å². The molecule has 1 aromatic carbocycles. The fraction of sp³-hybridized carbons (Fsp3) is 0.450. The Hall–Kier alpha value is -3.44. The highest BCUT2D eigenvalue weighted by molar-refractivity contribution is 5.76. The van der Waals surface area contributed by atoms with Gasteiger partial charge in [0.1, 0.15) is 12.1 Å². The van der Waals surface area contributed by atoms with Crippen molar-refractivity contribution in [1.82, 2.24) is 14.7 Å². The second-order valence-electron chi connectivity index (χ2n) is 7.86. The van der Waals surface area contributed by atoms with Crippen LogP contribution in [0, 0.1) is 10.1 Å². The van der Waals surface area contributed by atoms with E-state index in [2.05, 4.69) is 5.10 Å². The van der Waals surface area contributed by atoms with Crippen molar-refractivity contribution in [2.24, 2.45) is 0 Å².